The number of carboxylic acid groups (broad SMARTS) is 1. The summed E-state index contributed by atoms with van der Waals surface area (Å²) >= 11 is 6.61. The summed E-state index contributed by atoms with van der Waals surface area (Å²) in [4.78, 5) is 11.2. The Hall–Kier alpha value is -3.35. The van der Waals surface area contributed by atoms with Crippen LogP contribution in [0.15, 0.2) is 78.9 Å². The molecule has 1 heterocycles. The Kier molecular flexibility index (Phi) is 7.97. The van der Waals surface area contributed by atoms with Crippen LogP contribution in [0.2, 0.25) is 5.02 Å². The monoisotopic (exact) mass is 510 g/mol. The molecular weight excluding hydrogens is 483 g/mol. The van der Waals surface area contributed by atoms with Crippen molar-refractivity contribution < 1.29 is 28.5 Å². The van der Waals surface area contributed by atoms with Crippen molar-refractivity contribution in [1.82, 2.24) is 0 Å². The maximum Gasteiger partial charge on any atom is 0.341 e. The fraction of sp³-hybridized carbons (Fsp3) is 0.276. The van der Waals surface area contributed by atoms with Crippen molar-refractivity contribution >= 4 is 17.6 Å². The van der Waals surface area contributed by atoms with E-state index in [-0.39, 0.29) is 17.7 Å². The minimum absolute atomic E-state index is 0.142. The molecule has 0 spiro atoms. The molecule has 0 aromatic heterocycles. The first-order chi connectivity index (χ1) is 17.3. The fourth-order valence-corrected chi connectivity index (χ4v) is 5.10. The highest BCUT2D eigenvalue weighted by molar-refractivity contribution is 6.31. The van der Waals surface area contributed by atoms with Crippen LogP contribution in [0, 0.1) is 11.7 Å². The van der Waals surface area contributed by atoms with E-state index in [0.29, 0.717) is 34.1 Å². The second-order valence-corrected chi connectivity index (χ2v) is 9.34. The molecular formula is C29H28ClFO5. The van der Waals surface area contributed by atoms with Crippen molar-refractivity contribution in [2.45, 2.75) is 31.5 Å². The highest BCUT2D eigenvalue weighted by Gasteiger charge is 2.42. The zero-order valence-electron chi connectivity index (χ0n) is 20.1. The molecule has 1 saturated heterocycles. The molecule has 0 unspecified atom stereocenters. The van der Waals surface area contributed by atoms with E-state index in [4.69, 9.17) is 25.8 Å². The summed E-state index contributed by atoms with van der Waals surface area (Å²) < 4.78 is 32.0. The van der Waals surface area contributed by atoms with E-state index in [1.807, 2.05) is 43.3 Å². The molecule has 0 bridgehead atoms. The molecule has 0 saturated carbocycles. The van der Waals surface area contributed by atoms with E-state index < -0.39 is 24.8 Å². The summed E-state index contributed by atoms with van der Waals surface area (Å²) in [6, 6.07) is 19.2. The van der Waals surface area contributed by atoms with E-state index in [1.165, 1.54) is 19.2 Å². The molecule has 1 aliphatic heterocycles. The van der Waals surface area contributed by atoms with E-state index in [9.17, 15) is 14.3 Å². The van der Waals surface area contributed by atoms with E-state index in [1.54, 1.807) is 18.2 Å². The number of halogens is 2. The van der Waals surface area contributed by atoms with Crippen molar-refractivity contribution in [3.8, 4) is 11.5 Å². The van der Waals surface area contributed by atoms with Gasteiger partial charge in [0.25, 0.3) is 0 Å². The molecule has 4 rings (SSSR count). The van der Waals surface area contributed by atoms with Gasteiger partial charge in [0.15, 0.2) is 6.61 Å². The van der Waals surface area contributed by atoms with Crippen molar-refractivity contribution in [3.05, 3.63) is 106 Å². The molecule has 4 atom stereocenters. The van der Waals surface area contributed by atoms with Crippen LogP contribution in [0.1, 0.15) is 48.2 Å². The predicted molar refractivity (Wildman–Crippen MR) is 136 cm³/mol. The van der Waals surface area contributed by atoms with Gasteiger partial charge in [-0.05, 0) is 54.8 Å². The Bertz CT molecular complexity index is 1260. The first-order valence-electron chi connectivity index (χ1n) is 11.6. The Labute approximate surface area is 215 Å². The Balaban J connectivity index is 1.83. The number of hydrogen-bond acceptors (Lipinski definition) is 4. The Morgan fingerprint density at radius 2 is 1.89 bits per heavy atom. The molecule has 1 fully saturated rings. The molecule has 0 amide bonds. The molecule has 3 aromatic carbocycles. The number of ether oxygens (including phenoxy) is 3. The maximum atomic E-state index is 14.3. The van der Waals surface area contributed by atoms with Gasteiger partial charge in [0.1, 0.15) is 17.3 Å². The molecule has 5 nitrogen and oxygen atoms in total. The van der Waals surface area contributed by atoms with Gasteiger partial charge < -0.3 is 19.3 Å². The van der Waals surface area contributed by atoms with Gasteiger partial charge in [0.05, 0.1) is 19.3 Å². The van der Waals surface area contributed by atoms with Crippen LogP contribution in [0.4, 0.5) is 4.39 Å². The zero-order valence-corrected chi connectivity index (χ0v) is 20.9. The largest absolute Gasteiger partial charge is 0.497 e. The van der Waals surface area contributed by atoms with Crippen molar-refractivity contribution in [2.24, 2.45) is 5.92 Å². The van der Waals surface area contributed by atoms with Gasteiger partial charge in [0.2, 0.25) is 0 Å². The predicted octanol–water partition coefficient (Wildman–Crippen LogP) is 7.13. The first kappa shape index (κ1) is 25.7. The topological polar surface area (TPSA) is 65.0 Å². The van der Waals surface area contributed by atoms with Crippen molar-refractivity contribution in [1.29, 1.82) is 0 Å². The molecule has 1 N–H and O–H groups in total. The normalized spacial score (nSPS) is 21.6. The first-order valence-corrected chi connectivity index (χ1v) is 12.0. The summed E-state index contributed by atoms with van der Waals surface area (Å²) in [7, 11) is 1.53. The summed E-state index contributed by atoms with van der Waals surface area (Å²) in [5.74, 6) is -0.889. The van der Waals surface area contributed by atoms with Crippen LogP contribution in [-0.4, -0.2) is 24.8 Å². The van der Waals surface area contributed by atoms with Crippen LogP contribution in [0.3, 0.4) is 0 Å². The number of hydrogen-bond donors (Lipinski definition) is 1. The molecule has 188 valence electrons. The smallest absolute Gasteiger partial charge is 0.341 e. The highest BCUT2D eigenvalue weighted by atomic mass is 35.5. The van der Waals surface area contributed by atoms with Gasteiger partial charge in [-0.1, -0.05) is 54.1 Å². The SMILES string of the molecule is C=C(C)[C@H]1C[C@H](c2ccccc2Cl)[C@H](c2cccc(F)c2)O[C@@H]1c1ccc(OC)cc1OCC(=O)O. The lowest BCUT2D eigenvalue weighted by Gasteiger charge is -2.43. The Morgan fingerprint density at radius 1 is 1.11 bits per heavy atom. The number of carbonyl (C=O) groups is 1. The molecule has 36 heavy (non-hydrogen) atoms. The average Bonchev–Trinajstić information content (AvgIpc) is 2.87. The lowest BCUT2D eigenvalue weighted by Crippen LogP contribution is -2.32. The molecule has 7 heteroatoms. The molecule has 0 aliphatic carbocycles. The third-order valence-electron chi connectivity index (χ3n) is 6.53. The highest BCUT2D eigenvalue weighted by Crippen LogP contribution is 2.54. The standard InChI is InChI=1S/C29H28ClFO5/c1-17(2)23-15-24(21-9-4-5-10-25(21)30)28(18-7-6-8-19(31)13-18)36-29(23)22-12-11-20(34-3)14-26(22)35-16-27(32)33/h4-14,23-24,28-29H,1,15-16H2,2-3H3,(H,32,33)/t23-,24-,28+,29-/m1/s1. The van der Waals surface area contributed by atoms with Gasteiger partial charge in [-0.3, -0.25) is 0 Å². The van der Waals surface area contributed by atoms with Crippen LogP contribution < -0.4 is 9.47 Å². The second-order valence-electron chi connectivity index (χ2n) is 8.94. The van der Waals surface area contributed by atoms with Crippen LogP contribution in [0.25, 0.3) is 0 Å². The number of benzene rings is 3. The van der Waals surface area contributed by atoms with Gasteiger partial charge in [0, 0.05) is 28.5 Å². The third kappa shape index (κ3) is 5.55. The number of methoxy groups -OCH3 is 1. The van der Waals surface area contributed by atoms with Crippen molar-refractivity contribution in [3.63, 3.8) is 0 Å². The van der Waals surface area contributed by atoms with Gasteiger partial charge in [-0.2, -0.15) is 0 Å². The lowest BCUT2D eigenvalue weighted by molar-refractivity contribution is -0.139. The van der Waals surface area contributed by atoms with Gasteiger partial charge >= 0.3 is 5.97 Å². The molecule has 1 aliphatic rings. The minimum atomic E-state index is -1.10. The zero-order chi connectivity index (χ0) is 25.8. The fourth-order valence-electron chi connectivity index (χ4n) is 4.82. The van der Waals surface area contributed by atoms with E-state index in [0.717, 1.165) is 11.1 Å². The van der Waals surface area contributed by atoms with Crippen LogP contribution in [-0.2, 0) is 9.53 Å². The van der Waals surface area contributed by atoms with Crippen LogP contribution >= 0.6 is 11.6 Å². The summed E-state index contributed by atoms with van der Waals surface area (Å²) in [6.07, 6.45) is -0.408. The lowest BCUT2D eigenvalue weighted by atomic mass is 9.74. The molecule has 0 radical (unpaired) electrons. The summed E-state index contributed by atoms with van der Waals surface area (Å²) in [6.45, 7) is 5.65. The number of rotatable bonds is 8. The summed E-state index contributed by atoms with van der Waals surface area (Å²) in [5, 5.41) is 9.81. The second kappa shape index (κ2) is 11.1. The average molecular weight is 511 g/mol. The van der Waals surface area contributed by atoms with Gasteiger partial charge in [-0.15, -0.1) is 0 Å². The number of aliphatic carboxylic acids is 1. The minimum Gasteiger partial charge on any atom is -0.497 e. The van der Waals surface area contributed by atoms with E-state index in [2.05, 4.69) is 6.58 Å². The number of carboxylic acids is 1. The summed E-state index contributed by atoms with van der Waals surface area (Å²) in [5.41, 5.74) is 3.17. The van der Waals surface area contributed by atoms with E-state index >= 15 is 0 Å². The third-order valence-corrected chi connectivity index (χ3v) is 6.87. The van der Waals surface area contributed by atoms with Gasteiger partial charge in [-0.25, -0.2) is 9.18 Å². The quantitative estimate of drug-likeness (QED) is 0.326. The Morgan fingerprint density at radius 3 is 2.56 bits per heavy atom. The van der Waals surface area contributed by atoms with Crippen LogP contribution in [0.5, 0.6) is 11.5 Å². The van der Waals surface area contributed by atoms with Crippen molar-refractivity contribution in [2.75, 3.05) is 13.7 Å². The molecule has 3 aromatic rings. The maximum absolute atomic E-state index is 14.3.